The van der Waals surface area contributed by atoms with E-state index in [4.69, 9.17) is 14.4 Å². The molecule has 0 N–H and O–H groups in total. The van der Waals surface area contributed by atoms with Gasteiger partial charge in [0, 0.05) is 63.9 Å². The number of nitrogens with zero attached hydrogens (tertiary/aromatic N) is 3. The number of para-hydroxylation sites is 2. The van der Waals surface area contributed by atoms with Crippen LogP contribution in [0.5, 0.6) is 0 Å². The third-order valence-electron chi connectivity index (χ3n) is 9.82. The molecule has 0 amide bonds. The van der Waals surface area contributed by atoms with E-state index in [1.807, 2.05) is 59.9 Å². The summed E-state index contributed by atoms with van der Waals surface area (Å²) in [6, 6.07) is 53.6. The van der Waals surface area contributed by atoms with Crippen LogP contribution in [0, 0.1) is 0 Å². The maximum absolute atomic E-state index is 6.30. The average molecular weight is 644 g/mol. The van der Waals surface area contributed by atoms with Gasteiger partial charge >= 0.3 is 0 Å². The first kappa shape index (κ1) is 26.7. The number of aromatic nitrogens is 3. The van der Waals surface area contributed by atoms with Crippen molar-refractivity contribution >= 4 is 86.2 Å². The van der Waals surface area contributed by atoms with Crippen LogP contribution in [0.25, 0.3) is 103 Å². The van der Waals surface area contributed by atoms with E-state index in [9.17, 15) is 0 Å². The van der Waals surface area contributed by atoms with Crippen molar-refractivity contribution in [2.24, 2.45) is 0 Å². The molecule has 4 heterocycles. The second-order valence-corrected chi connectivity index (χ2v) is 13.6. The van der Waals surface area contributed by atoms with Crippen molar-refractivity contribution in [3.05, 3.63) is 152 Å². The Kier molecular flexibility index (Phi) is 5.51. The highest BCUT2D eigenvalue weighted by atomic mass is 32.1. The molecule has 0 saturated carbocycles. The number of benzene rings is 7. The fraction of sp³-hybridized carbons (Fsp3) is 0. The maximum atomic E-state index is 6.30. The highest BCUT2D eigenvalue weighted by molar-refractivity contribution is 7.27. The van der Waals surface area contributed by atoms with Gasteiger partial charge in [-0.15, -0.1) is 11.3 Å². The molecule has 5 heteroatoms. The Hall–Kier alpha value is -6.30. The van der Waals surface area contributed by atoms with Crippen LogP contribution in [-0.4, -0.2) is 14.5 Å². The third-order valence-corrected chi connectivity index (χ3v) is 11.0. The summed E-state index contributed by atoms with van der Waals surface area (Å²) in [5, 5.41) is 9.70. The largest absolute Gasteiger partial charge is 0.438 e. The summed E-state index contributed by atoms with van der Waals surface area (Å²) in [5.74, 6) is 0.645. The first-order chi connectivity index (χ1) is 24.3. The molecule has 0 aliphatic rings. The van der Waals surface area contributed by atoms with Crippen LogP contribution in [-0.2, 0) is 0 Å². The molecule has 0 aliphatic carbocycles. The van der Waals surface area contributed by atoms with Gasteiger partial charge in [0.2, 0.25) is 5.71 Å². The zero-order valence-electron chi connectivity index (χ0n) is 26.1. The van der Waals surface area contributed by atoms with E-state index in [1.54, 1.807) is 0 Å². The maximum Gasteiger partial charge on any atom is 0.231 e. The summed E-state index contributed by atoms with van der Waals surface area (Å²) >= 11 is 1.89. The number of fused-ring (bicyclic) bond motifs is 13. The van der Waals surface area contributed by atoms with Crippen LogP contribution in [0.1, 0.15) is 0 Å². The van der Waals surface area contributed by atoms with Crippen LogP contribution < -0.4 is 0 Å². The van der Waals surface area contributed by atoms with Crippen molar-refractivity contribution < 1.29 is 4.42 Å². The zero-order chi connectivity index (χ0) is 32.1. The lowest BCUT2D eigenvalue weighted by molar-refractivity contribution is 0.653. The van der Waals surface area contributed by atoms with Crippen molar-refractivity contribution in [3.63, 3.8) is 0 Å². The van der Waals surface area contributed by atoms with Gasteiger partial charge in [0.25, 0.3) is 0 Å². The van der Waals surface area contributed by atoms with E-state index in [-0.39, 0.29) is 0 Å². The van der Waals surface area contributed by atoms with Crippen molar-refractivity contribution in [2.45, 2.75) is 0 Å². The Balaban J connectivity index is 1.20. The number of thiophene rings is 1. The summed E-state index contributed by atoms with van der Waals surface area (Å²) in [6.07, 6.45) is 0. The van der Waals surface area contributed by atoms with Gasteiger partial charge in [0.05, 0.1) is 22.1 Å². The Morgan fingerprint density at radius 3 is 2.00 bits per heavy atom. The molecule has 0 bridgehead atoms. The van der Waals surface area contributed by atoms with E-state index in [0.29, 0.717) is 11.5 Å². The lowest BCUT2D eigenvalue weighted by Gasteiger charge is -2.12. The molecule has 0 atom stereocenters. The predicted octanol–water partition coefficient (Wildman–Crippen LogP) is 12.3. The quantitative estimate of drug-likeness (QED) is 0.192. The number of hydrogen-bond donors (Lipinski definition) is 0. The van der Waals surface area contributed by atoms with Gasteiger partial charge in [-0.25, -0.2) is 4.98 Å². The third kappa shape index (κ3) is 3.79. The molecule has 49 heavy (non-hydrogen) atoms. The van der Waals surface area contributed by atoms with E-state index in [0.717, 1.165) is 38.9 Å². The zero-order valence-corrected chi connectivity index (χ0v) is 26.9. The lowest BCUT2D eigenvalue weighted by Crippen LogP contribution is -1.96. The molecule has 0 radical (unpaired) electrons. The summed E-state index contributed by atoms with van der Waals surface area (Å²) in [4.78, 5) is 10.1. The minimum absolute atomic E-state index is 0.593. The van der Waals surface area contributed by atoms with Crippen LogP contribution in [0.15, 0.2) is 156 Å². The van der Waals surface area contributed by atoms with Gasteiger partial charge in [0.1, 0.15) is 5.58 Å². The van der Waals surface area contributed by atoms with Crippen molar-refractivity contribution in [3.8, 4) is 28.3 Å². The molecule has 11 aromatic rings. The van der Waals surface area contributed by atoms with Gasteiger partial charge in [-0.05, 0) is 30.3 Å². The standard InChI is InChI=1S/C44H25N3OS/c1-2-12-27(13-3-1)43-45-40(39-32-17-7-10-20-35(32)48-44(39)46-43)26-22-24-28(25-23-26)47-34-19-9-6-16-31(34)37-38-33-18-8-11-21-36(33)49-42(38)30-15-5-4-14-29(30)41(37)47/h1-25H. The molecule has 4 nitrogen and oxygen atoms in total. The van der Waals surface area contributed by atoms with Gasteiger partial charge < -0.3 is 8.98 Å². The molecular weight excluding hydrogens is 619 g/mol. The Bertz CT molecular complexity index is 3100. The normalized spacial score (nSPS) is 12.1. The smallest absolute Gasteiger partial charge is 0.231 e. The second-order valence-electron chi connectivity index (χ2n) is 12.5. The topological polar surface area (TPSA) is 43.9 Å². The fourth-order valence-electron chi connectivity index (χ4n) is 7.70. The summed E-state index contributed by atoms with van der Waals surface area (Å²) in [5.41, 5.74) is 7.74. The summed E-state index contributed by atoms with van der Waals surface area (Å²) in [6.45, 7) is 0. The van der Waals surface area contributed by atoms with Crippen molar-refractivity contribution in [2.75, 3.05) is 0 Å². The Labute approximate surface area is 284 Å². The fourth-order valence-corrected chi connectivity index (χ4v) is 8.95. The molecule has 4 aromatic heterocycles. The van der Waals surface area contributed by atoms with Crippen molar-refractivity contribution in [1.82, 2.24) is 14.5 Å². The van der Waals surface area contributed by atoms with E-state index >= 15 is 0 Å². The van der Waals surface area contributed by atoms with Crippen molar-refractivity contribution in [1.29, 1.82) is 0 Å². The molecule has 0 saturated heterocycles. The average Bonchev–Trinajstić information content (AvgIpc) is 3.85. The lowest BCUT2D eigenvalue weighted by atomic mass is 10.00. The molecule has 0 unspecified atom stereocenters. The van der Waals surface area contributed by atoms with E-state index in [1.165, 1.54) is 52.8 Å². The highest BCUT2D eigenvalue weighted by Crippen LogP contribution is 2.48. The summed E-state index contributed by atoms with van der Waals surface area (Å²) in [7, 11) is 0. The SMILES string of the molecule is c1ccc(-c2nc(-c3ccc(-n4c5ccccc5c5c6c7ccccc7sc6c6ccccc6c54)cc3)c3c(n2)oc2ccccc23)cc1. The Morgan fingerprint density at radius 1 is 0.490 bits per heavy atom. The van der Waals surface area contributed by atoms with Gasteiger partial charge in [0.15, 0.2) is 5.82 Å². The molecule has 228 valence electrons. The highest BCUT2D eigenvalue weighted by Gasteiger charge is 2.22. The molecule has 0 spiro atoms. The number of furan rings is 1. The summed E-state index contributed by atoms with van der Waals surface area (Å²) < 4.78 is 11.4. The Morgan fingerprint density at radius 2 is 1.16 bits per heavy atom. The predicted molar refractivity (Wildman–Crippen MR) is 205 cm³/mol. The minimum Gasteiger partial charge on any atom is -0.438 e. The van der Waals surface area contributed by atoms with E-state index in [2.05, 4.69) is 108 Å². The molecule has 7 aromatic carbocycles. The molecule has 11 rings (SSSR count). The van der Waals surface area contributed by atoms with Gasteiger partial charge in [-0.3, -0.25) is 0 Å². The van der Waals surface area contributed by atoms with Crippen LogP contribution >= 0.6 is 11.3 Å². The first-order valence-electron chi connectivity index (χ1n) is 16.4. The van der Waals surface area contributed by atoms with Gasteiger partial charge in [-0.2, -0.15) is 4.98 Å². The van der Waals surface area contributed by atoms with E-state index < -0.39 is 0 Å². The van der Waals surface area contributed by atoms with Crippen LogP contribution in [0.2, 0.25) is 0 Å². The van der Waals surface area contributed by atoms with Gasteiger partial charge in [-0.1, -0.05) is 121 Å². The first-order valence-corrected chi connectivity index (χ1v) is 17.2. The van der Waals surface area contributed by atoms with Crippen LogP contribution in [0.3, 0.4) is 0 Å². The second kappa shape index (κ2) is 10.1. The molecular formula is C44H25N3OS. The number of hydrogen-bond acceptors (Lipinski definition) is 4. The minimum atomic E-state index is 0.593. The molecule has 0 aliphatic heterocycles. The molecule has 0 fully saturated rings. The van der Waals surface area contributed by atoms with Crippen LogP contribution in [0.4, 0.5) is 0 Å². The monoisotopic (exact) mass is 643 g/mol. The number of rotatable bonds is 3.